The molecule has 0 spiro atoms. The zero-order valence-corrected chi connectivity index (χ0v) is 13.6. The van der Waals surface area contributed by atoms with Gasteiger partial charge in [0.2, 0.25) is 0 Å². The van der Waals surface area contributed by atoms with Crippen molar-refractivity contribution < 1.29 is 4.74 Å². The Bertz CT molecular complexity index is 401. The summed E-state index contributed by atoms with van der Waals surface area (Å²) in [6.45, 7) is 8.31. The average Bonchev–Trinajstić information content (AvgIpc) is 2.53. The van der Waals surface area contributed by atoms with Crippen LogP contribution in [-0.4, -0.2) is 38.3 Å². The van der Waals surface area contributed by atoms with Crippen molar-refractivity contribution in [1.29, 1.82) is 0 Å². The first-order valence-electron chi connectivity index (χ1n) is 8.19. The molecule has 1 unspecified atom stereocenters. The molecule has 1 aliphatic heterocycles. The van der Waals surface area contributed by atoms with Crippen LogP contribution in [0.3, 0.4) is 0 Å². The van der Waals surface area contributed by atoms with Crippen LogP contribution in [0, 0.1) is 5.92 Å². The summed E-state index contributed by atoms with van der Waals surface area (Å²) < 4.78 is 5.42. The molecule has 4 heteroatoms. The Morgan fingerprint density at radius 1 is 1.38 bits per heavy atom. The quantitative estimate of drug-likeness (QED) is 0.838. The van der Waals surface area contributed by atoms with Gasteiger partial charge in [-0.1, -0.05) is 13.0 Å². The summed E-state index contributed by atoms with van der Waals surface area (Å²) in [6, 6.07) is 4.70. The molecule has 2 rings (SSSR count). The number of aromatic nitrogens is 1. The maximum atomic E-state index is 5.42. The van der Waals surface area contributed by atoms with E-state index in [-0.39, 0.29) is 0 Å². The summed E-state index contributed by atoms with van der Waals surface area (Å²) in [6.07, 6.45) is 5.49. The molecule has 1 aliphatic rings. The summed E-state index contributed by atoms with van der Waals surface area (Å²) in [5.74, 6) is 1.79. The van der Waals surface area contributed by atoms with Crippen molar-refractivity contribution in [2.24, 2.45) is 5.92 Å². The third kappa shape index (κ3) is 4.97. The number of hydrogen-bond donors (Lipinski definition) is 1. The number of hydrogen-bond acceptors (Lipinski definition) is 4. The van der Waals surface area contributed by atoms with Crippen LogP contribution in [0.5, 0.6) is 0 Å². The first-order valence-corrected chi connectivity index (χ1v) is 8.19. The van der Waals surface area contributed by atoms with Gasteiger partial charge in [0.05, 0.1) is 0 Å². The van der Waals surface area contributed by atoms with Gasteiger partial charge in [-0.15, -0.1) is 0 Å². The highest BCUT2D eigenvalue weighted by molar-refractivity contribution is 5.38. The lowest BCUT2D eigenvalue weighted by molar-refractivity contribution is 0.0685. The lowest BCUT2D eigenvalue weighted by atomic mass is 10.00. The molecule has 1 aromatic heterocycles. The molecule has 1 saturated heterocycles. The second-order valence-corrected chi connectivity index (χ2v) is 6.06. The largest absolute Gasteiger partial charge is 0.381 e. The molecule has 1 atom stereocenters. The Labute approximate surface area is 128 Å². The van der Waals surface area contributed by atoms with E-state index >= 15 is 0 Å². The van der Waals surface area contributed by atoms with E-state index in [1.807, 2.05) is 6.20 Å². The molecule has 0 aliphatic carbocycles. The third-order valence-corrected chi connectivity index (χ3v) is 4.24. The normalized spacial score (nSPS) is 17.7. The van der Waals surface area contributed by atoms with Crippen molar-refractivity contribution >= 4 is 5.82 Å². The van der Waals surface area contributed by atoms with Crippen LogP contribution < -0.4 is 10.2 Å². The highest BCUT2D eigenvalue weighted by Gasteiger charge is 2.16. The number of rotatable bonds is 7. The SMILES string of the molecule is CCCNC(C)c1ccc(N(C)CC2CCOCC2)nc1. The van der Waals surface area contributed by atoms with Gasteiger partial charge in [0.15, 0.2) is 0 Å². The van der Waals surface area contributed by atoms with E-state index in [1.165, 1.54) is 18.4 Å². The number of ether oxygens (including phenoxy) is 1. The van der Waals surface area contributed by atoms with E-state index in [9.17, 15) is 0 Å². The average molecular weight is 291 g/mol. The zero-order chi connectivity index (χ0) is 15.1. The van der Waals surface area contributed by atoms with Crippen LogP contribution in [0.15, 0.2) is 18.3 Å². The van der Waals surface area contributed by atoms with Crippen molar-refractivity contribution in [1.82, 2.24) is 10.3 Å². The number of nitrogens with zero attached hydrogens (tertiary/aromatic N) is 2. The van der Waals surface area contributed by atoms with Gasteiger partial charge in [-0.25, -0.2) is 4.98 Å². The third-order valence-electron chi connectivity index (χ3n) is 4.24. The van der Waals surface area contributed by atoms with Gasteiger partial charge >= 0.3 is 0 Å². The van der Waals surface area contributed by atoms with Gasteiger partial charge in [-0.05, 0) is 50.3 Å². The van der Waals surface area contributed by atoms with E-state index in [2.05, 4.69) is 48.2 Å². The topological polar surface area (TPSA) is 37.4 Å². The molecular formula is C17H29N3O. The van der Waals surface area contributed by atoms with Gasteiger partial charge < -0.3 is 15.0 Å². The van der Waals surface area contributed by atoms with E-state index in [1.54, 1.807) is 0 Å². The second kappa shape index (κ2) is 8.35. The minimum Gasteiger partial charge on any atom is -0.381 e. The highest BCUT2D eigenvalue weighted by atomic mass is 16.5. The van der Waals surface area contributed by atoms with Crippen LogP contribution in [0.25, 0.3) is 0 Å². The fourth-order valence-corrected chi connectivity index (χ4v) is 2.77. The van der Waals surface area contributed by atoms with Crippen LogP contribution in [0.4, 0.5) is 5.82 Å². The van der Waals surface area contributed by atoms with Gasteiger partial charge in [0.25, 0.3) is 0 Å². The van der Waals surface area contributed by atoms with Crippen LogP contribution >= 0.6 is 0 Å². The number of pyridine rings is 1. The Morgan fingerprint density at radius 3 is 2.76 bits per heavy atom. The molecular weight excluding hydrogens is 262 g/mol. The van der Waals surface area contributed by atoms with Crippen molar-refractivity contribution in [3.8, 4) is 0 Å². The molecule has 1 N–H and O–H groups in total. The minimum absolute atomic E-state index is 0.368. The Kier molecular flexibility index (Phi) is 6.46. The Hall–Kier alpha value is -1.13. The zero-order valence-electron chi connectivity index (χ0n) is 13.6. The van der Waals surface area contributed by atoms with E-state index in [4.69, 9.17) is 4.74 Å². The fraction of sp³-hybridized carbons (Fsp3) is 0.706. The predicted molar refractivity (Wildman–Crippen MR) is 87.8 cm³/mol. The molecule has 0 bridgehead atoms. The number of anilines is 1. The smallest absolute Gasteiger partial charge is 0.128 e. The van der Waals surface area contributed by atoms with Crippen LogP contribution in [0.1, 0.15) is 44.7 Å². The lowest BCUT2D eigenvalue weighted by Crippen LogP contribution is -2.30. The summed E-state index contributed by atoms with van der Waals surface area (Å²) in [5.41, 5.74) is 1.26. The summed E-state index contributed by atoms with van der Waals surface area (Å²) in [7, 11) is 2.14. The van der Waals surface area contributed by atoms with Gasteiger partial charge in [0, 0.05) is 39.0 Å². The lowest BCUT2D eigenvalue weighted by Gasteiger charge is -2.28. The fourth-order valence-electron chi connectivity index (χ4n) is 2.77. The molecule has 0 saturated carbocycles. The highest BCUT2D eigenvalue weighted by Crippen LogP contribution is 2.20. The van der Waals surface area contributed by atoms with Crippen molar-refractivity contribution in [2.45, 2.75) is 39.2 Å². The molecule has 1 fully saturated rings. The summed E-state index contributed by atoms with van der Waals surface area (Å²) in [5, 5.41) is 3.50. The Morgan fingerprint density at radius 2 is 2.14 bits per heavy atom. The molecule has 4 nitrogen and oxygen atoms in total. The van der Waals surface area contributed by atoms with Gasteiger partial charge in [-0.2, -0.15) is 0 Å². The second-order valence-electron chi connectivity index (χ2n) is 6.06. The monoisotopic (exact) mass is 291 g/mol. The van der Waals surface area contributed by atoms with E-state index < -0.39 is 0 Å². The molecule has 118 valence electrons. The molecule has 0 aromatic carbocycles. The molecule has 21 heavy (non-hydrogen) atoms. The van der Waals surface area contributed by atoms with Crippen molar-refractivity contribution in [2.75, 3.05) is 38.3 Å². The van der Waals surface area contributed by atoms with Crippen LogP contribution in [0.2, 0.25) is 0 Å². The maximum Gasteiger partial charge on any atom is 0.128 e. The van der Waals surface area contributed by atoms with Gasteiger partial charge in [0.1, 0.15) is 5.82 Å². The molecule has 0 amide bonds. The summed E-state index contributed by atoms with van der Waals surface area (Å²) in [4.78, 5) is 6.90. The molecule has 2 heterocycles. The van der Waals surface area contributed by atoms with E-state index in [0.29, 0.717) is 6.04 Å². The van der Waals surface area contributed by atoms with Crippen molar-refractivity contribution in [3.05, 3.63) is 23.9 Å². The Balaban J connectivity index is 1.88. The number of nitrogens with one attached hydrogen (secondary N) is 1. The molecule has 0 radical (unpaired) electrons. The van der Waals surface area contributed by atoms with E-state index in [0.717, 1.165) is 44.5 Å². The maximum absolute atomic E-state index is 5.42. The first kappa shape index (κ1) is 16.2. The first-order chi connectivity index (χ1) is 10.2. The standard InChI is InChI=1S/C17H29N3O/c1-4-9-18-14(2)16-5-6-17(19-12-16)20(3)13-15-7-10-21-11-8-15/h5-6,12,14-15,18H,4,7-11,13H2,1-3H3. The van der Waals surface area contributed by atoms with Gasteiger partial charge in [-0.3, -0.25) is 0 Å². The minimum atomic E-state index is 0.368. The predicted octanol–water partition coefficient (Wildman–Crippen LogP) is 3.01. The van der Waals surface area contributed by atoms with Crippen LogP contribution in [-0.2, 0) is 4.74 Å². The molecule has 1 aromatic rings. The summed E-state index contributed by atoms with van der Waals surface area (Å²) >= 11 is 0. The van der Waals surface area contributed by atoms with Crippen molar-refractivity contribution in [3.63, 3.8) is 0 Å².